The maximum absolute atomic E-state index is 12.4. The third-order valence-electron chi connectivity index (χ3n) is 5.26. The van der Waals surface area contributed by atoms with Crippen molar-refractivity contribution in [2.75, 3.05) is 25.5 Å². The fraction of sp³-hybridized carbons (Fsp3) is 0.227. The summed E-state index contributed by atoms with van der Waals surface area (Å²) < 4.78 is 10.0. The first-order valence-electron chi connectivity index (χ1n) is 9.87. The van der Waals surface area contributed by atoms with Crippen molar-refractivity contribution in [2.45, 2.75) is 12.3 Å². The summed E-state index contributed by atoms with van der Waals surface area (Å²) in [6.07, 6.45) is -1.05. The van der Waals surface area contributed by atoms with Gasteiger partial charge >= 0.3 is 12.1 Å². The molecule has 0 saturated carbocycles. The number of carboxylic acids is 1. The van der Waals surface area contributed by atoms with Crippen LogP contribution >= 0.6 is 0 Å². The molecular formula is C22H20N4O6. The van der Waals surface area contributed by atoms with Gasteiger partial charge in [0.15, 0.2) is 0 Å². The summed E-state index contributed by atoms with van der Waals surface area (Å²) in [7, 11) is 1.41. The van der Waals surface area contributed by atoms with Gasteiger partial charge in [-0.05, 0) is 32.6 Å². The number of anilines is 1. The summed E-state index contributed by atoms with van der Waals surface area (Å²) in [5.41, 5.74) is 4.11. The molecule has 0 bridgehead atoms. The molecule has 10 heteroatoms. The Hall–Kier alpha value is -4.21. The van der Waals surface area contributed by atoms with E-state index in [1.807, 2.05) is 48.5 Å². The number of nitrogens with one attached hydrogen (secondary N) is 1. The van der Waals surface area contributed by atoms with Gasteiger partial charge in [0.25, 0.3) is 5.91 Å². The topological polar surface area (TPSA) is 135 Å². The number of fused-ring (bicyclic) bond motifs is 3. The van der Waals surface area contributed by atoms with E-state index in [0.29, 0.717) is 0 Å². The van der Waals surface area contributed by atoms with Crippen LogP contribution in [0, 0.1) is 0 Å². The van der Waals surface area contributed by atoms with Gasteiger partial charge in [0.2, 0.25) is 11.5 Å². The van der Waals surface area contributed by atoms with Crippen molar-refractivity contribution in [1.82, 2.24) is 15.2 Å². The number of hydrogen-bond acceptors (Lipinski definition) is 7. The van der Waals surface area contributed by atoms with Gasteiger partial charge < -0.3 is 14.7 Å². The lowest BCUT2D eigenvalue weighted by molar-refractivity contribution is -0.137. The number of aliphatic carboxylic acids is 1. The predicted octanol–water partition coefficient (Wildman–Crippen LogP) is 2.98. The van der Waals surface area contributed by atoms with Crippen molar-refractivity contribution >= 4 is 23.8 Å². The average Bonchev–Trinajstić information content (AvgIpc) is 3.38. The largest absolute Gasteiger partial charge is 0.481 e. The second kappa shape index (κ2) is 8.88. The van der Waals surface area contributed by atoms with Gasteiger partial charge in [0, 0.05) is 19.5 Å². The number of carbonyl (C=O) groups is 3. The summed E-state index contributed by atoms with van der Waals surface area (Å²) in [4.78, 5) is 36.7. The summed E-state index contributed by atoms with van der Waals surface area (Å²) in [5.74, 6) is -2.00. The lowest BCUT2D eigenvalue weighted by Gasteiger charge is -2.15. The number of carboxylic acid groups (broad SMARTS) is 1. The molecule has 164 valence electrons. The molecule has 0 spiro atoms. The molecule has 2 N–H and O–H groups in total. The predicted molar refractivity (Wildman–Crippen MR) is 112 cm³/mol. The van der Waals surface area contributed by atoms with Crippen molar-refractivity contribution in [1.29, 1.82) is 0 Å². The Balaban J connectivity index is 1.41. The number of hydrogen-bond donors (Lipinski definition) is 2. The fourth-order valence-electron chi connectivity index (χ4n) is 3.69. The minimum absolute atomic E-state index is 0.0363. The van der Waals surface area contributed by atoms with Gasteiger partial charge in [-0.25, -0.2) is 9.42 Å². The maximum Gasteiger partial charge on any atom is 0.412 e. The highest BCUT2D eigenvalue weighted by molar-refractivity contribution is 5.99. The molecule has 0 atom stereocenters. The van der Waals surface area contributed by atoms with E-state index in [-0.39, 0.29) is 37.0 Å². The fourth-order valence-corrected chi connectivity index (χ4v) is 3.69. The Morgan fingerprint density at radius 2 is 1.69 bits per heavy atom. The zero-order valence-corrected chi connectivity index (χ0v) is 17.1. The van der Waals surface area contributed by atoms with Gasteiger partial charge in [-0.1, -0.05) is 48.5 Å². The first kappa shape index (κ1) is 21.0. The lowest BCUT2D eigenvalue weighted by Crippen LogP contribution is -2.30. The number of aromatic nitrogens is 2. The Labute approximate surface area is 182 Å². The Bertz CT molecular complexity index is 1130. The van der Waals surface area contributed by atoms with Crippen molar-refractivity contribution in [3.8, 4) is 11.1 Å². The number of amides is 2. The molecule has 10 nitrogen and oxygen atoms in total. The molecule has 32 heavy (non-hydrogen) atoms. The smallest absolute Gasteiger partial charge is 0.412 e. The van der Waals surface area contributed by atoms with Crippen LogP contribution in [0.5, 0.6) is 0 Å². The van der Waals surface area contributed by atoms with E-state index in [1.54, 1.807) is 0 Å². The summed E-state index contributed by atoms with van der Waals surface area (Å²) in [5, 5.41) is 18.2. The molecule has 4 rings (SSSR count). The van der Waals surface area contributed by atoms with Gasteiger partial charge in [0.1, 0.15) is 6.61 Å². The standard InChI is InChI=1S/C22H20N4O6/c1-26(11-10-18(27)28)21(29)19-20(25-32-24-19)23-22(30)31-12-17-15-8-4-2-6-13(15)14-7-3-5-9-16(14)17/h2-9,17H,10-12H2,1H3,(H,27,28)(H,23,25,30). The second-order valence-electron chi connectivity index (χ2n) is 7.28. The molecule has 3 aromatic rings. The van der Waals surface area contributed by atoms with E-state index in [4.69, 9.17) is 9.84 Å². The van der Waals surface area contributed by atoms with E-state index >= 15 is 0 Å². The molecule has 0 fully saturated rings. The average molecular weight is 436 g/mol. The van der Waals surface area contributed by atoms with Gasteiger partial charge in [0.05, 0.1) is 6.42 Å². The van der Waals surface area contributed by atoms with Crippen LogP contribution in [0.1, 0.15) is 34.0 Å². The molecule has 0 unspecified atom stereocenters. The van der Waals surface area contributed by atoms with Gasteiger partial charge in [-0.2, -0.15) is 0 Å². The Morgan fingerprint density at radius 1 is 1.06 bits per heavy atom. The Kier molecular flexibility index (Phi) is 5.84. The van der Waals surface area contributed by atoms with Crippen molar-refractivity contribution in [3.63, 3.8) is 0 Å². The first-order chi connectivity index (χ1) is 15.5. The van der Waals surface area contributed by atoms with Crippen LogP contribution in [0.15, 0.2) is 53.2 Å². The normalized spacial score (nSPS) is 12.0. The summed E-state index contributed by atoms with van der Waals surface area (Å²) in [6.45, 7) is 0.0539. The van der Waals surface area contributed by atoms with Crippen molar-refractivity contribution < 1.29 is 28.9 Å². The molecule has 0 saturated heterocycles. The number of ether oxygens (including phenoxy) is 1. The monoisotopic (exact) mass is 436 g/mol. The van der Waals surface area contributed by atoms with Crippen LogP contribution < -0.4 is 5.32 Å². The van der Waals surface area contributed by atoms with Crippen LogP contribution in [0.3, 0.4) is 0 Å². The molecule has 1 heterocycles. The quantitative estimate of drug-likeness (QED) is 0.577. The SMILES string of the molecule is CN(CCC(=O)O)C(=O)c1nonc1NC(=O)OCC1c2ccccc2-c2ccccc21. The highest BCUT2D eigenvalue weighted by atomic mass is 16.6. The van der Waals surface area contributed by atoms with Crippen LogP contribution in [-0.4, -0.2) is 58.5 Å². The summed E-state index contributed by atoms with van der Waals surface area (Å²) >= 11 is 0. The maximum atomic E-state index is 12.4. The van der Waals surface area contributed by atoms with Gasteiger partial charge in [-0.15, -0.1) is 0 Å². The van der Waals surface area contributed by atoms with Crippen LogP contribution in [0.4, 0.5) is 10.6 Å². The van der Waals surface area contributed by atoms with Crippen molar-refractivity contribution in [2.24, 2.45) is 0 Å². The van der Waals surface area contributed by atoms with Gasteiger partial charge in [-0.3, -0.25) is 14.9 Å². The van der Waals surface area contributed by atoms with Crippen LogP contribution in [-0.2, 0) is 9.53 Å². The minimum atomic E-state index is -1.04. The van der Waals surface area contributed by atoms with E-state index in [2.05, 4.69) is 20.3 Å². The number of rotatable bonds is 7. The molecule has 1 aliphatic carbocycles. The number of benzene rings is 2. The number of nitrogens with zero attached hydrogens (tertiary/aromatic N) is 3. The molecule has 1 aromatic heterocycles. The third-order valence-corrected chi connectivity index (χ3v) is 5.26. The highest BCUT2D eigenvalue weighted by Gasteiger charge is 2.30. The lowest BCUT2D eigenvalue weighted by atomic mass is 9.98. The van der Waals surface area contributed by atoms with Crippen molar-refractivity contribution in [3.05, 3.63) is 65.4 Å². The zero-order chi connectivity index (χ0) is 22.7. The van der Waals surface area contributed by atoms with E-state index in [0.717, 1.165) is 27.2 Å². The van der Waals surface area contributed by atoms with E-state index < -0.39 is 18.0 Å². The third kappa shape index (κ3) is 4.15. The molecule has 1 aliphatic rings. The molecular weight excluding hydrogens is 416 g/mol. The second-order valence-corrected chi connectivity index (χ2v) is 7.28. The van der Waals surface area contributed by atoms with E-state index in [1.165, 1.54) is 7.05 Å². The van der Waals surface area contributed by atoms with E-state index in [9.17, 15) is 14.4 Å². The molecule has 0 radical (unpaired) electrons. The molecule has 2 aromatic carbocycles. The zero-order valence-electron chi connectivity index (χ0n) is 17.1. The first-order valence-corrected chi connectivity index (χ1v) is 9.87. The minimum Gasteiger partial charge on any atom is -0.481 e. The van der Waals surface area contributed by atoms with Crippen LogP contribution in [0.25, 0.3) is 11.1 Å². The molecule has 0 aliphatic heterocycles. The molecule has 2 amide bonds. The van der Waals surface area contributed by atoms with Crippen LogP contribution in [0.2, 0.25) is 0 Å². The Morgan fingerprint density at radius 3 is 2.31 bits per heavy atom. The summed E-state index contributed by atoms with van der Waals surface area (Å²) in [6, 6.07) is 15.9. The number of carbonyl (C=O) groups excluding carboxylic acids is 2. The highest BCUT2D eigenvalue weighted by Crippen LogP contribution is 2.44.